The van der Waals surface area contributed by atoms with Crippen LogP contribution in [0.3, 0.4) is 0 Å². The van der Waals surface area contributed by atoms with Crippen molar-refractivity contribution in [1.82, 2.24) is 19.7 Å². The molecule has 1 saturated heterocycles. The molecule has 0 saturated carbocycles. The number of furan rings is 1. The summed E-state index contributed by atoms with van der Waals surface area (Å²) < 4.78 is 12.4. The number of nitrogens with one attached hydrogen (secondary N) is 2. The Kier molecular flexibility index (Phi) is 5.91. The van der Waals surface area contributed by atoms with Crippen LogP contribution in [0, 0.1) is 5.41 Å². The molecule has 1 amide bonds. The van der Waals surface area contributed by atoms with Gasteiger partial charge in [-0.05, 0) is 43.2 Å². The maximum Gasteiger partial charge on any atom is 0.337 e. The Morgan fingerprint density at radius 1 is 1.17 bits per heavy atom. The number of carbonyl (C=O) groups excluding carboxylic acids is 2. The number of aromatic amines is 1. The highest BCUT2D eigenvalue weighted by molar-refractivity contribution is 7.11. The van der Waals surface area contributed by atoms with Crippen LogP contribution >= 0.6 is 11.3 Å². The fourth-order valence-corrected chi connectivity index (χ4v) is 4.72. The van der Waals surface area contributed by atoms with Crippen molar-refractivity contribution in [3.05, 3.63) is 73.4 Å². The maximum absolute atomic E-state index is 12.7. The van der Waals surface area contributed by atoms with E-state index in [9.17, 15) is 14.4 Å². The topological polar surface area (TPSA) is 134 Å². The largest absolute Gasteiger partial charge is 0.465 e. The monoisotopic (exact) mass is 491 g/mol. The number of ether oxygens (including phenoxy) is 1. The number of fused-ring (bicyclic) bond motifs is 1. The lowest BCUT2D eigenvalue weighted by atomic mass is 10.1. The second-order valence-electron chi connectivity index (χ2n) is 7.97. The second kappa shape index (κ2) is 9.18. The maximum atomic E-state index is 12.7. The minimum atomic E-state index is -0.567. The van der Waals surface area contributed by atoms with Crippen LogP contribution in [0.2, 0.25) is 0 Å². The first-order chi connectivity index (χ1) is 16.9. The van der Waals surface area contributed by atoms with Gasteiger partial charge in [0.15, 0.2) is 5.49 Å². The minimum absolute atomic E-state index is 0.0518. The standard InChI is InChI=1S/C24H21N5O5S/c1-33-23(32)15-6-4-14(5-7-15)18-9-8-16(34-18)12-17-21(25)29-24(26-22(17)31)35-19(27-29)13-20(30)28-10-2-3-11-28/h4-9,12-13,25,27H,2-3,10-11H2,1H3/b17-12-,19-13+,25-21?. The van der Waals surface area contributed by atoms with Crippen molar-refractivity contribution >= 4 is 35.4 Å². The number of methoxy groups -OCH3 is 1. The first-order valence-corrected chi connectivity index (χ1v) is 11.7. The summed E-state index contributed by atoms with van der Waals surface area (Å²) in [6.45, 7) is 1.47. The number of hydrogen-bond acceptors (Lipinski definition) is 8. The van der Waals surface area contributed by atoms with Crippen LogP contribution in [0.5, 0.6) is 0 Å². The molecular formula is C24H21N5O5S. The molecule has 0 aliphatic carbocycles. The van der Waals surface area contributed by atoms with E-state index in [0.29, 0.717) is 26.9 Å². The third kappa shape index (κ3) is 4.45. The predicted molar refractivity (Wildman–Crippen MR) is 128 cm³/mol. The van der Waals surface area contributed by atoms with E-state index in [1.807, 2.05) is 0 Å². The van der Waals surface area contributed by atoms with Crippen LogP contribution in [0.25, 0.3) is 28.6 Å². The molecule has 0 spiro atoms. The van der Waals surface area contributed by atoms with E-state index in [4.69, 9.17) is 14.6 Å². The van der Waals surface area contributed by atoms with Crippen LogP contribution in [0.1, 0.15) is 29.0 Å². The summed E-state index contributed by atoms with van der Waals surface area (Å²) in [7, 11) is 1.32. The Morgan fingerprint density at radius 3 is 2.63 bits per heavy atom. The average molecular weight is 492 g/mol. The zero-order valence-corrected chi connectivity index (χ0v) is 19.6. The molecule has 1 aromatic carbocycles. The number of rotatable bonds is 4. The fraction of sp³-hybridized carbons (Fsp3) is 0.208. The van der Waals surface area contributed by atoms with Crippen molar-refractivity contribution in [2.75, 3.05) is 20.2 Å². The summed E-state index contributed by atoms with van der Waals surface area (Å²) in [5, 5.41) is 11.8. The van der Waals surface area contributed by atoms with Crippen molar-refractivity contribution in [2.24, 2.45) is 0 Å². The number of likely N-dealkylation sites (tertiary alicyclic amines) is 1. The number of carbonyl (C=O) groups is 2. The van der Waals surface area contributed by atoms with Gasteiger partial charge in [0.25, 0.3) is 5.56 Å². The summed E-state index contributed by atoms with van der Waals surface area (Å²) in [5.74, 6) is 0.375. The molecular weight excluding hydrogens is 470 g/mol. The summed E-state index contributed by atoms with van der Waals surface area (Å²) in [4.78, 5) is 42.5. The molecule has 1 aromatic heterocycles. The number of benzene rings is 1. The molecule has 178 valence electrons. The van der Waals surface area contributed by atoms with E-state index in [0.717, 1.165) is 42.8 Å². The summed E-state index contributed by atoms with van der Waals surface area (Å²) in [5.41, 5.74) is 0.502. The lowest BCUT2D eigenvalue weighted by molar-refractivity contribution is -0.123. The van der Waals surface area contributed by atoms with Gasteiger partial charge in [0.1, 0.15) is 16.2 Å². The molecule has 5 rings (SSSR count). The van der Waals surface area contributed by atoms with E-state index in [2.05, 4.69) is 10.1 Å². The van der Waals surface area contributed by atoms with Gasteiger partial charge in [-0.3, -0.25) is 20.1 Å². The molecule has 2 N–H and O–H groups in total. The number of aromatic nitrogens is 3. The molecule has 0 bridgehead atoms. The van der Waals surface area contributed by atoms with Crippen molar-refractivity contribution in [1.29, 1.82) is 5.41 Å². The van der Waals surface area contributed by atoms with Gasteiger partial charge in [-0.25, -0.2) is 9.48 Å². The molecule has 0 unspecified atom stereocenters. The van der Waals surface area contributed by atoms with Crippen LogP contribution in [-0.2, 0) is 9.53 Å². The van der Waals surface area contributed by atoms with E-state index in [-0.39, 0.29) is 16.6 Å². The molecule has 0 radical (unpaired) electrons. The van der Waals surface area contributed by atoms with Gasteiger partial charge in [0.2, 0.25) is 11.0 Å². The molecule has 3 aliphatic rings. The molecule has 0 atom stereocenters. The van der Waals surface area contributed by atoms with E-state index < -0.39 is 11.5 Å². The highest BCUT2D eigenvalue weighted by Gasteiger charge is 2.17. The van der Waals surface area contributed by atoms with Gasteiger partial charge >= 0.3 is 5.97 Å². The second-order valence-corrected chi connectivity index (χ2v) is 8.98. The first kappa shape index (κ1) is 22.5. The lowest BCUT2D eigenvalue weighted by Crippen LogP contribution is -2.47. The first-order valence-electron chi connectivity index (χ1n) is 10.9. The average Bonchev–Trinajstić information content (AvgIpc) is 3.62. The lowest BCUT2D eigenvalue weighted by Gasteiger charge is -2.10. The highest BCUT2D eigenvalue weighted by atomic mass is 32.1. The predicted octanol–water partition coefficient (Wildman–Crippen LogP) is 0.818. The van der Waals surface area contributed by atoms with Crippen LogP contribution in [0.15, 0.2) is 45.6 Å². The zero-order chi connectivity index (χ0) is 24.5. The van der Waals surface area contributed by atoms with Gasteiger partial charge < -0.3 is 14.1 Å². The number of nitrogens with zero attached hydrogens (tertiary/aromatic N) is 3. The molecule has 2 aromatic rings. The SMILES string of the molecule is COC(=O)c1ccc(-c2ccc(/C=c3\c(=O)nc4s/c(=C/C(=O)N5CCCC5)[nH]n-4c3=N)o2)cc1. The van der Waals surface area contributed by atoms with Gasteiger partial charge in [-0.15, -0.1) is 0 Å². The van der Waals surface area contributed by atoms with Gasteiger partial charge in [-0.1, -0.05) is 23.5 Å². The zero-order valence-electron chi connectivity index (χ0n) is 18.7. The molecule has 35 heavy (non-hydrogen) atoms. The molecule has 1 fully saturated rings. The summed E-state index contributed by atoms with van der Waals surface area (Å²) >= 11 is 1.14. The number of amides is 1. The van der Waals surface area contributed by atoms with Crippen molar-refractivity contribution in [2.45, 2.75) is 12.8 Å². The summed E-state index contributed by atoms with van der Waals surface area (Å²) in [6.07, 6.45) is 4.92. The van der Waals surface area contributed by atoms with E-state index >= 15 is 0 Å². The van der Waals surface area contributed by atoms with Crippen molar-refractivity contribution in [3.63, 3.8) is 0 Å². The molecule has 3 aliphatic heterocycles. The molecule has 11 heteroatoms. The Hall–Kier alpha value is -4.25. The number of H-pyrrole nitrogens is 1. The smallest absolute Gasteiger partial charge is 0.337 e. The Bertz CT molecular complexity index is 1620. The normalized spacial score (nSPS) is 14.7. The highest BCUT2D eigenvalue weighted by Crippen LogP contribution is 2.23. The summed E-state index contributed by atoms with van der Waals surface area (Å²) in [6, 6.07) is 10.1. The van der Waals surface area contributed by atoms with Crippen molar-refractivity contribution < 1.29 is 18.7 Å². The van der Waals surface area contributed by atoms with Crippen LogP contribution < -0.4 is 20.9 Å². The number of hydrogen-bond donors (Lipinski definition) is 2. The molecule has 10 nitrogen and oxygen atoms in total. The van der Waals surface area contributed by atoms with Crippen molar-refractivity contribution in [3.8, 4) is 16.5 Å². The minimum Gasteiger partial charge on any atom is -0.465 e. The Balaban J connectivity index is 1.48. The van der Waals surface area contributed by atoms with Crippen LogP contribution in [0.4, 0.5) is 0 Å². The molecule has 4 heterocycles. The van der Waals surface area contributed by atoms with Gasteiger partial charge in [-0.2, -0.15) is 4.98 Å². The van der Waals surface area contributed by atoms with Gasteiger partial charge in [0.05, 0.1) is 17.9 Å². The van der Waals surface area contributed by atoms with E-state index in [1.54, 1.807) is 41.3 Å². The van der Waals surface area contributed by atoms with Gasteiger partial charge in [0, 0.05) is 24.7 Å². The number of esters is 1. The Labute approximate surface area is 202 Å². The quantitative estimate of drug-likeness (QED) is 0.406. The van der Waals surface area contributed by atoms with E-state index in [1.165, 1.54) is 23.9 Å². The third-order valence-electron chi connectivity index (χ3n) is 5.70. The Morgan fingerprint density at radius 2 is 1.91 bits per heavy atom. The third-order valence-corrected chi connectivity index (χ3v) is 6.58. The van der Waals surface area contributed by atoms with Crippen LogP contribution in [-0.4, -0.2) is 51.7 Å². The fourth-order valence-electron chi connectivity index (χ4n) is 3.87.